The summed E-state index contributed by atoms with van der Waals surface area (Å²) in [7, 11) is 0. The molecule has 0 heterocycles. The van der Waals surface area contributed by atoms with E-state index in [1.54, 1.807) is 0 Å². The predicted molar refractivity (Wildman–Crippen MR) is 63.9 cm³/mol. The Hall–Kier alpha value is -1.37. The van der Waals surface area contributed by atoms with Crippen LogP contribution in [-0.2, 0) is 0 Å². The van der Waals surface area contributed by atoms with Crippen molar-refractivity contribution in [1.29, 1.82) is 5.26 Å². The van der Waals surface area contributed by atoms with Crippen LogP contribution in [0, 0.1) is 11.3 Å². The zero-order chi connectivity index (χ0) is 12.0. The van der Waals surface area contributed by atoms with Gasteiger partial charge in [-0.2, -0.15) is 5.26 Å². The molecule has 1 rings (SSSR count). The van der Waals surface area contributed by atoms with E-state index in [2.05, 4.69) is 18.3 Å². The first kappa shape index (κ1) is 12.7. The largest absolute Gasteiger partial charge is 0.395 e. The van der Waals surface area contributed by atoms with E-state index in [0.29, 0.717) is 5.56 Å². The lowest BCUT2D eigenvalue weighted by Gasteiger charge is -2.20. The van der Waals surface area contributed by atoms with Crippen molar-refractivity contribution in [3.05, 3.63) is 35.4 Å². The molecular formula is C13H18N2O. The fourth-order valence-electron chi connectivity index (χ4n) is 1.60. The number of hydrogen-bond donors (Lipinski definition) is 2. The van der Waals surface area contributed by atoms with Crippen LogP contribution < -0.4 is 5.32 Å². The summed E-state index contributed by atoms with van der Waals surface area (Å²) in [6.07, 6.45) is 0.900. The van der Waals surface area contributed by atoms with Gasteiger partial charge in [-0.3, -0.25) is 0 Å². The molecule has 0 aliphatic rings. The minimum atomic E-state index is 0.130. The normalized spacial score (nSPS) is 14.1. The zero-order valence-electron chi connectivity index (χ0n) is 9.77. The van der Waals surface area contributed by atoms with Gasteiger partial charge in [-0.05, 0) is 31.0 Å². The maximum absolute atomic E-state index is 9.10. The Morgan fingerprint density at radius 2 is 2.00 bits per heavy atom. The van der Waals surface area contributed by atoms with Gasteiger partial charge < -0.3 is 10.4 Å². The number of rotatable bonds is 5. The van der Waals surface area contributed by atoms with Crippen LogP contribution in [0.1, 0.15) is 37.4 Å². The molecule has 3 heteroatoms. The van der Waals surface area contributed by atoms with Crippen molar-refractivity contribution in [2.75, 3.05) is 6.61 Å². The van der Waals surface area contributed by atoms with E-state index < -0.39 is 0 Å². The second kappa shape index (κ2) is 6.26. The highest BCUT2D eigenvalue weighted by molar-refractivity contribution is 5.32. The number of nitrogens with one attached hydrogen (secondary N) is 1. The zero-order valence-corrected chi connectivity index (χ0v) is 9.77. The summed E-state index contributed by atoms with van der Waals surface area (Å²) in [5, 5.41) is 21.1. The molecule has 2 N–H and O–H groups in total. The number of benzene rings is 1. The van der Waals surface area contributed by atoms with Crippen LogP contribution in [0.4, 0.5) is 0 Å². The number of aliphatic hydroxyl groups excluding tert-OH is 1. The predicted octanol–water partition coefficient (Wildman–Crippen LogP) is 1.98. The highest BCUT2D eigenvalue weighted by atomic mass is 16.3. The van der Waals surface area contributed by atoms with Crippen molar-refractivity contribution in [1.82, 2.24) is 5.32 Å². The van der Waals surface area contributed by atoms with Gasteiger partial charge >= 0.3 is 0 Å². The Morgan fingerprint density at radius 3 is 2.44 bits per heavy atom. The van der Waals surface area contributed by atoms with Gasteiger partial charge in [-0.1, -0.05) is 19.1 Å². The second-order valence-corrected chi connectivity index (χ2v) is 3.91. The standard InChI is InChI=1S/C13H18N2O/c1-3-13(9-16)15-10(2)12-6-4-11(8-14)5-7-12/h4-7,10,13,15-16H,3,9H2,1-2H3/t10?,13-/m0/s1. The number of hydrogen-bond acceptors (Lipinski definition) is 3. The van der Waals surface area contributed by atoms with Crippen LogP contribution in [-0.4, -0.2) is 17.8 Å². The molecule has 3 nitrogen and oxygen atoms in total. The van der Waals surface area contributed by atoms with Crippen molar-refractivity contribution in [3.63, 3.8) is 0 Å². The molecule has 0 aliphatic carbocycles. The molecule has 0 fully saturated rings. The molecule has 1 unspecified atom stereocenters. The average Bonchev–Trinajstić information content (AvgIpc) is 2.35. The van der Waals surface area contributed by atoms with Gasteiger partial charge in [0.1, 0.15) is 0 Å². The first-order valence-electron chi connectivity index (χ1n) is 5.58. The molecule has 2 atom stereocenters. The monoisotopic (exact) mass is 218 g/mol. The van der Waals surface area contributed by atoms with Gasteiger partial charge in [0.25, 0.3) is 0 Å². The van der Waals surface area contributed by atoms with Crippen LogP contribution in [0.2, 0.25) is 0 Å². The summed E-state index contributed by atoms with van der Waals surface area (Å²) in [5.41, 5.74) is 1.80. The lowest BCUT2D eigenvalue weighted by Crippen LogP contribution is -2.33. The maximum Gasteiger partial charge on any atom is 0.0991 e. The fourth-order valence-corrected chi connectivity index (χ4v) is 1.60. The molecular weight excluding hydrogens is 200 g/mol. The minimum absolute atomic E-state index is 0.130. The molecule has 0 saturated carbocycles. The SMILES string of the molecule is CC[C@@H](CO)NC(C)c1ccc(C#N)cc1. The minimum Gasteiger partial charge on any atom is -0.395 e. The van der Waals surface area contributed by atoms with E-state index in [1.165, 1.54) is 0 Å². The summed E-state index contributed by atoms with van der Waals surface area (Å²) in [5.74, 6) is 0. The lowest BCUT2D eigenvalue weighted by molar-refractivity contribution is 0.230. The summed E-state index contributed by atoms with van der Waals surface area (Å²) in [6.45, 7) is 4.25. The summed E-state index contributed by atoms with van der Waals surface area (Å²) in [6, 6.07) is 9.93. The van der Waals surface area contributed by atoms with Crippen molar-refractivity contribution in [2.45, 2.75) is 32.4 Å². The third-order valence-corrected chi connectivity index (χ3v) is 2.74. The number of nitrogens with zero attached hydrogens (tertiary/aromatic N) is 1. The molecule has 0 amide bonds. The Morgan fingerprint density at radius 1 is 1.38 bits per heavy atom. The van der Waals surface area contributed by atoms with E-state index in [0.717, 1.165) is 12.0 Å². The molecule has 0 bridgehead atoms. The molecule has 0 aliphatic heterocycles. The van der Waals surface area contributed by atoms with Crippen LogP contribution >= 0.6 is 0 Å². The van der Waals surface area contributed by atoms with Crippen LogP contribution in [0.15, 0.2) is 24.3 Å². The highest BCUT2D eigenvalue weighted by Gasteiger charge is 2.10. The van der Waals surface area contributed by atoms with E-state index >= 15 is 0 Å². The van der Waals surface area contributed by atoms with Gasteiger partial charge in [-0.15, -0.1) is 0 Å². The van der Waals surface area contributed by atoms with Gasteiger partial charge in [0, 0.05) is 12.1 Å². The van der Waals surface area contributed by atoms with Crippen molar-refractivity contribution < 1.29 is 5.11 Å². The summed E-state index contributed by atoms with van der Waals surface area (Å²) >= 11 is 0. The van der Waals surface area contributed by atoms with Gasteiger partial charge in [-0.25, -0.2) is 0 Å². The Balaban J connectivity index is 2.65. The maximum atomic E-state index is 9.10. The molecule has 1 aromatic carbocycles. The fraction of sp³-hybridized carbons (Fsp3) is 0.462. The quantitative estimate of drug-likeness (QED) is 0.794. The first-order valence-corrected chi connectivity index (χ1v) is 5.58. The molecule has 0 saturated heterocycles. The van der Waals surface area contributed by atoms with E-state index in [1.807, 2.05) is 31.2 Å². The summed E-state index contributed by atoms with van der Waals surface area (Å²) in [4.78, 5) is 0. The smallest absolute Gasteiger partial charge is 0.0991 e. The van der Waals surface area contributed by atoms with E-state index in [9.17, 15) is 0 Å². The number of aliphatic hydroxyl groups is 1. The molecule has 16 heavy (non-hydrogen) atoms. The Kier molecular flexibility index (Phi) is 4.97. The molecule has 0 radical (unpaired) electrons. The average molecular weight is 218 g/mol. The molecule has 1 aromatic rings. The third kappa shape index (κ3) is 3.34. The van der Waals surface area contributed by atoms with E-state index in [4.69, 9.17) is 10.4 Å². The van der Waals surface area contributed by atoms with Gasteiger partial charge in [0.15, 0.2) is 0 Å². The molecule has 86 valence electrons. The second-order valence-electron chi connectivity index (χ2n) is 3.91. The molecule has 0 aromatic heterocycles. The van der Waals surface area contributed by atoms with Crippen molar-refractivity contribution in [2.24, 2.45) is 0 Å². The Bertz CT molecular complexity index is 349. The van der Waals surface area contributed by atoms with Crippen LogP contribution in [0.3, 0.4) is 0 Å². The third-order valence-electron chi connectivity index (χ3n) is 2.74. The van der Waals surface area contributed by atoms with Crippen molar-refractivity contribution in [3.8, 4) is 6.07 Å². The number of nitriles is 1. The van der Waals surface area contributed by atoms with Crippen LogP contribution in [0.5, 0.6) is 0 Å². The topological polar surface area (TPSA) is 56.0 Å². The highest BCUT2D eigenvalue weighted by Crippen LogP contribution is 2.14. The van der Waals surface area contributed by atoms with Crippen LogP contribution in [0.25, 0.3) is 0 Å². The summed E-state index contributed by atoms with van der Waals surface area (Å²) < 4.78 is 0. The Labute approximate surface area is 96.7 Å². The van der Waals surface area contributed by atoms with Crippen molar-refractivity contribution >= 4 is 0 Å². The van der Waals surface area contributed by atoms with Gasteiger partial charge in [0.2, 0.25) is 0 Å². The van der Waals surface area contributed by atoms with E-state index in [-0.39, 0.29) is 18.7 Å². The molecule has 0 spiro atoms. The first-order chi connectivity index (χ1) is 7.71. The van der Waals surface area contributed by atoms with Gasteiger partial charge in [0.05, 0.1) is 18.2 Å². The lowest BCUT2D eigenvalue weighted by atomic mass is 10.1.